The van der Waals surface area contributed by atoms with Gasteiger partial charge >= 0.3 is 0 Å². The molecule has 2 rings (SSSR count). The van der Waals surface area contributed by atoms with Crippen LogP contribution in [0.25, 0.3) is 0 Å². The molecule has 0 aromatic heterocycles. The Bertz CT molecular complexity index is 507. The maximum atomic E-state index is 13.6. The van der Waals surface area contributed by atoms with E-state index in [2.05, 4.69) is 0 Å². The summed E-state index contributed by atoms with van der Waals surface area (Å²) in [4.78, 5) is 0. The number of hydrogen-bond acceptors (Lipinski definition) is 1. The van der Waals surface area contributed by atoms with Gasteiger partial charge in [-0.1, -0.05) is 48.0 Å². The molecule has 0 saturated carbocycles. The molecule has 0 spiro atoms. The van der Waals surface area contributed by atoms with E-state index < -0.39 is 0 Å². The Labute approximate surface area is 118 Å². The standard InChI is InChI=1S/C16H17ClFN/c17-14-9-5-10-15(18)13(14)8-4-11-16(19)12-6-2-1-3-7-12/h1-3,5-7,9-10,16H,4,8,11,19H2. The fourth-order valence-corrected chi connectivity index (χ4v) is 2.39. The first-order valence-electron chi connectivity index (χ1n) is 6.42. The summed E-state index contributed by atoms with van der Waals surface area (Å²) in [5.41, 5.74) is 7.81. The van der Waals surface area contributed by atoms with E-state index in [0.717, 1.165) is 18.4 Å². The molecule has 1 unspecified atom stereocenters. The molecule has 2 aromatic carbocycles. The van der Waals surface area contributed by atoms with Crippen molar-refractivity contribution in [3.63, 3.8) is 0 Å². The summed E-state index contributed by atoms with van der Waals surface area (Å²) in [7, 11) is 0. The van der Waals surface area contributed by atoms with Gasteiger partial charge in [0.25, 0.3) is 0 Å². The second-order valence-electron chi connectivity index (χ2n) is 4.61. The van der Waals surface area contributed by atoms with Crippen molar-refractivity contribution in [2.24, 2.45) is 5.73 Å². The van der Waals surface area contributed by atoms with E-state index in [-0.39, 0.29) is 11.9 Å². The molecule has 0 heterocycles. The highest BCUT2D eigenvalue weighted by atomic mass is 35.5. The Hall–Kier alpha value is -1.38. The third-order valence-corrected chi connectivity index (χ3v) is 3.59. The van der Waals surface area contributed by atoms with Crippen molar-refractivity contribution in [1.29, 1.82) is 0 Å². The number of hydrogen-bond donors (Lipinski definition) is 1. The van der Waals surface area contributed by atoms with Gasteiger partial charge in [0.15, 0.2) is 0 Å². The predicted molar refractivity (Wildman–Crippen MR) is 77.7 cm³/mol. The van der Waals surface area contributed by atoms with E-state index in [1.165, 1.54) is 6.07 Å². The van der Waals surface area contributed by atoms with Crippen LogP contribution in [0.1, 0.15) is 30.0 Å². The fraction of sp³-hybridized carbons (Fsp3) is 0.250. The van der Waals surface area contributed by atoms with Gasteiger partial charge in [-0.05, 0) is 37.0 Å². The lowest BCUT2D eigenvalue weighted by molar-refractivity contribution is 0.578. The van der Waals surface area contributed by atoms with Crippen LogP contribution in [0.2, 0.25) is 5.02 Å². The maximum absolute atomic E-state index is 13.6. The molecule has 0 fully saturated rings. The van der Waals surface area contributed by atoms with E-state index in [1.54, 1.807) is 12.1 Å². The van der Waals surface area contributed by atoms with Crippen molar-refractivity contribution in [2.75, 3.05) is 0 Å². The van der Waals surface area contributed by atoms with Crippen LogP contribution in [0.5, 0.6) is 0 Å². The average molecular weight is 278 g/mol. The predicted octanol–water partition coefficient (Wildman–Crippen LogP) is 4.50. The first-order chi connectivity index (χ1) is 9.18. The van der Waals surface area contributed by atoms with Gasteiger partial charge in [-0.2, -0.15) is 0 Å². The highest BCUT2D eigenvalue weighted by Crippen LogP contribution is 2.23. The molecule has 2 aromatic rings. The molecular weight excluding hydrogens is 261 g/mol. The van der Waals surface area contributed by atoms with Crippen LogP contribution in [0.3, 0.4) is 0 Å². The molecule has 19 heavy (non-hydrogen) atoms. The molecule has 0 bridgehead atoms. The van der Waals surface area contributed by atoms with Crippen molar-refractivity contribution < 1.29 is 4.39 Å². The zero-order chi connectivity index (χ0) is 13.7. The summed E-state index contributed by atoms with van der Waals surface area (Å²) in [6.45, 7) is 0. The van der Waals surface area contributed by atoms with Gasteiger partial charge in [0.05, 0.1) is 0 Å². The summed E-state index contributed by atoms with van der Waals surface area (Å²) in [5, 5.41) is 0.494. The van der Waals surface area contributed by atoms with E-state index in [9.17, 15) is 4.39 Å². The van der Waals surface area contributed by atoms with Gasteiger partial charge in [0.2, 0.25) is 0 Å². The summed E-state index contributed by atoms with van der Waals surface area (Å²) in [5.74, 6) is -0.235. The molecule has 0 radical (unpaired) electrons. The van der Waals surface area contributed by atoms with Crippen molar-refractivity contribution in [3.8, 4) is 0 Å². The van der Waals surface area contributed by atoms with Crippen LogP contribution in [-0.4, -0.2) is 0 Å². The molecule has 3 heteroatoms. The summed E-state index contributed by atoms with van der Waals surface area (Å²) >= 11 is 5.99. The summed E-state index contributed by atoms with van der Waals surface area (Å²) in [6.07, 6.45) is 2.25. The minimum Gasteiger partial charge on any atom is -0.324 e. The Morgan fingerprint density at radius 2 is 1.79 bits per heavy atom. The van der Waals surface area contributed by atoms with Gasteiger partial charge < -0.3 is 5.73 Å². The summed E-state index contributed by atoms with van der Waals surface area (Å²) < 4.78 is 13.6. The third kappa shape index (κ3) is 3.79. The topological polar surface area (TPSA) is 26.0 Å². The Kier molecular flexibility index (Phi) is 4.94. The molecule has 0 aliphatic carbocycles. The van der Waals surface area contributed by atoms with Gasteiger partial charge in [0, 0.05) is 16.6 Å². The van der Waals surface area contributed by atoms with E-state index in [0.29, 0.717) is 17.0 Å². The summed E-state index contributed by atoms with van der Waals surface area (Å²) in [6, 6.07) is 14.7. The quantitative estimate of drug-likeness (QED) is 0.855. The van der Waals surface area contributed by atoms with Gasteiger partial charge in [0.1, 0.15) is 5.82 Å². The number of benzene rings is 2. The second kappa shape index (κ2) is 6.69. The molecule has 0 amide bonds. The molecule has 0 aliphatic heterocycles. The van der Waals surface area contributed by atoms with Crippen molar-refractivity contribution >= 4 is 11.6 Å². The molecule has 0 saturated heterocycles. The molecule has 0 aliphatic rings. The van der Waals surface area contributed by atoms with Crippen LogP contribution >= 0.6 is 11.6 Å². The van der Waals surface area contributed by atoms with Crippen LogP contribution in [0, 0.1) is 5.82 Å². The van der Waals surface area contributed by atoms with E-state index in [4.69, 9.17) is 17.3 Å². The van der Waals surface area contributed by atoms with Crippen LogP contribution < -0.4 is 5.73 Å². The highest BCUT2D eigenvalue weighted by molar-refractivity contribution is 6.31. The first kappa shape index (κ1) is 14.0. The monoisotopic (exact) mass is 277 g/mol. The molecule has 2 N–H and O–H groups in total. The Morgan fingerprint density at radius 1 is 1.05 bits per heavy atom. The second-order valence-corrected chi connectivity index (χ2v) is 5.02. The van der Waals surface area contributed by atoms with Gasteiger partial charge in [-0.3, -0.25) is 0 Å². The van der Waals surface area contributed by atoms with Crippen molar-refractivity contribution in [1.82, 2.24) is 0 Å². The molecular formula is C16H17ClFN. The molecule has 100 valence electrons. The largest absolute Gasteiger partial charge is 0.324 e. The van der Waals surface area contributed by atoms with Gasteiger partial charge in [-0.15, -0.1) is 0 Å². The van der Waals surface area contributed by atoms with Gasteiger partial charge in [-0.25, -0.2) is 4.39 Å². The zero-order valence-corrected chi connectivity index (χ0v) is 11.4. The SMILES string of the molecule is NC(CCCc1c(F)cccc1Cl)c1ccccc1. The number of nitrogens with two attached hydrogens (primary N) is 1. The average Bonchev–Trinajstić information content (AvgIpc) is 2.43. The Balaban J connectivity index is 1.90. The normalized spacial score (nSPS) is 12.4. The first-order valence-corrected chi connectivity index (χ1v) is 6.79. The lowest BCUT2D eigenvalue weighted by Crippen LogP contribution is -2.10. The van der Waals surface area contributed by atoms with E-state index in [1.807, 2.05) is 30.3 Å². The van der Waals surface area contributed by atoms with Crippen LogP contribution in [0.15, 0.2) is 48.5 Å². The van der Waals surface area contributed by atoms with Crippen LogP contribution in [-0.2, 0) is 6.42 Å². The van der Waals surface area contributed by atoms with E-state index >= 15 is 0 Å². The maximum Gasteiger partial charge on any atom is 0.127 e. The molecule has 1 nitrogen and oxygen atoms in total. The molecule has 1 atom stereocenters. The minimum atomic E-state index is -0.235. The Morgan fingerprint density at radius 3 is 2.47 bits per heavy atom. The van der Waals surface area contributed by atoms with Crippen molar-refractivity contribution in [2.45, 2.75) is 25.3 Å². The number of rotatable bonds is 5. The van der Waals surface area contributed by atoms with Crippen molar-refractivity contribution in [3.05, 3.63) is 70.5 Å². The minimum absolute atomic E-state index is 0.00764. The highest BCUT2D eigenvalue weighted by Gasteiger charge is 2.09. The third-order valence-electron chi connectivity index (χ3n) is 3.23. The lowest BCUT2D eigenvalue weighted by Gasteiger charge is -2.12. The number of halogens is 2. The lowest BCUT2D eigenvalue weighted by atomic mass is 9.99. The fourth-order valence-electron chi connectivity index (χ4n) is 2.14. The smallest absolute Gasteiger partial charge is 0.127 e. The van der Waals surface area contributed by atoms with Crippen LogP contribution in [0.4, 0.5) is 4.39 Å². The zero-order valence-electron chi connectivity index (χ0n) is 10.7.